The number of carbonyl (C=O) groups is 1. The van der Waals surface area contributed by atoms with Crippen LogP contribution in [-0.2, 0) is 9.90 Å². The van der Waals surface area contributed by atoms with E-state index in [-0.39, 0.29) is 6.42 Å². The van der Waals surface area contributed by atoms with E-state index in [1.54, 1.807) is 6.92 Å². The van der Waals surface area contributed by atoms with Crippen LogP contribution in [0, 0.1) is 11.8 Å². The average Bonchev–Trinajstić information content (AvgIpc) is 1.61. The monoisotopic (exact) mass is 97.0 g/mol. The molecule has 2 nitrogen and oxygen atoms in total. The quantitative estimate of drug-likeness (QED) is 0.435. The van der Waals surface area contributed by atoms with E-state index in [0.717, 1.165) is 0 Å². The normalized spacial score (nSPS) is 6.43. The van der Waals surface area contributed by atoms with Crippen LogP contribution in [0.3, 0.4) is 0 Å². The smallest absolute Gasteiger partial charge is 0.246 e. The lowest BCUT2D eigenvalue weighted by Crippen LogP contribution is -1.86. The SMILES string of the molecule is CC#CCC([O])=O. The fourth-order valence-corrected chi connectivity index (χ4v) is 0.161. The topological polar surface area (TPSA) is 37.0 Å². The lowest BCUT2D eigenvalue weighted by atomic mass is 10.4. The Kier molecular flexibility index (Phi) is 2.78. The molecule has 2 heteroatoms. The first-order valence-corrected chi connectivity index (χ1v) is 1.87. The minimum Gasteiger partial charge on any atom is -0.246 e. The predicted octanol–water partition coefficient (Wildman–Crippen LogP) is 0.357. The Hall–Kier alpha value is -0.970. The summed E-state index contributed by atoms with van der Waals surface area (Å²) >= 11 is 0. The summed E-state index contributed by atoms with van der Waals surface area (Å²) in [4.78, 5) is 9.54. The number of carbonyl (C=O) groups excluding carboxylic acids is 1. The summed E-state index contributed by atoms with van der Waals surface area (Å²) in [6.07, 6.45) is -0.156. The molecule has 0 N–H and O–H groups in total. The Morgan fingerprint density at radius 2 is 2.29 bits per heavy atom. The molecule has 0 aliphatic rings. The highest BCUT2D eigenvalue weighted by Gasteiger charge is 1.89. The maximum atomic E-state index is 9.54. The van der Waals surface area contributed by atoms with E-state index in [2.05, 4.69) is 11.8 Å². The fraction of sp³-hybridized carbons (Fsp3) is 0.400. The van der Waals surface area contributed by atoms with E-state index in [1.807, 2.05) is 0 Å². The number of rotatable bonds is 1. The van der Waals surface area contributed by atoms with Crippen LogP contribution >= 0.6 is 0 Å². The van der Waals surface area contributed by atoms with Crippen LogP contribution in [0.1, 0.15) is 13.3 Å². The molecule has 0 aliphatic heterocycles. The Morgan fingerprint density at radius 1 is 1.71 bits per heavy atom. The molecule has 0 fully saturated rings. The summed E-state index contributed by atoms with van der Waals surface area (Å²) in [5, 5.41) is 9.54. The van der Waals surface area contributed by atoms with Gasteiger partial charge in [-0.1, -0.05) is 5.92 Å². The van der Waals surface area contributed by atoms with Crippen LogP contribution in [0.15, 0.2) is 0 Å². The molecule has 0 rings (SSSR count). The van der Waals surface area contributed by atoms with Crippen LogP contribution in [0.25, 0.3) is 0 Å². The highest BCUT2D eigenvalue weighted by molar-refractivity contribution is 5.69. The minimum atomic E-state index is -1.12. The Labute approximate surface area is 42.2 Å². The van der Waals surface area contributed by atoms with E-state index in [1.165, 1.54) is 0 Å². The van der Waals surface area contributed by atoms with Crippen molar-refractivity contribution in [1.82, 2.24) is 0 Å². The van der Waals surface area contributed by atoms with Crippen molar-refractivity contribution >= 4 is 5.97 Å². The zero-order chi connectivity index (χ0) is 5.70. The molecule has 0 saturated carbocycles. The van der Waals surface area contributed by atoms with Gasteiger partial charge in [-0.3, -0.25) is 0 Å². The zero-order valence-corrected chi connectivity index (χ0v) is 4.02. The third-order valence-corrected chi connectivity index (χ3v) is 0.410. The van der Waals surface area contributed by atoms with Gasteiger partial charge in [0, 0.05) is 0 Å². The van der Waals surface area contributed by atoms with Gasteiger partial charge in [-0.05, 0) is 6.92 Å². The molecule has 0 unspecified atom stereocenters. The third-order valence-electron chi connectivity index (χ3n) is 0.410. The molecule has 7 heavy (non-hydrogen) atoms. The second kappa shape index (κ2) is 3.23. The zero-order valence-electron chi connectivity index (χ0n) is 4.02. The largest absolute Gasteiger partial charge is 0.367 e. The minimum absolute atomic E-state index is 0.156. The molecule has 37 valence electrons. The maximum Gasteiger partial charge on any atom is 0.367 e. The van der Waals surface area contributed by atoms with Crippen molar-refractivity contribution in [3.05, 3.63) is 0 Å². The Morgan fingerprint density at radius 3 is 2.43 bits per heavy atom. The van der Waals surface area contributed by atoms with E-state index in [0.29, 0.717) is 0 Å². The maximum absolute atomic E-state index is 9.54. The molecule has 1 radical (unpaired) electrons. The summed E-state index contributed by atoms with van der Waals surface area (Å²) in [5.41, 5.74) is 0. The van der Waals surface area contributed by atoms with Gasteiger partial charge in [0.15, 0.2) is 0 Å². The summed E-state index contributed by atoms with van der Waals surface area (Å²) in [5.74, 6) is 3.65. The van der Waals surface area contributed by atoms with Crippen molar-refractivity contribution in [3.63, 3.8) is 0 Å². The van der Waals surface area contributed by atoms with Crippen molar-refractivity contribution < 1.29 is 9.90 Å². The first-order valence-electron chi connectivity index (χ1n) is 1.87. The summed E-state index contributed by atoms with van der Waals surface area (Å²) in [6, 6.07) is 0. The molecular formula is C5H5O2. The summed E-state index contributed by atoms with van der Waals surface area (Å²) in [6.45, 7) is 1.59. The van der Waals surface area contributed by atoms with Crippen LogP contribution in [-0.4, -0.2) is 5.97 Å². The van der Waals surface area contributed by atoms with E-state index < -0.39 is 5.97 Å². The molecule has 0 bridgehead atoms. The molecule has 0 aromatic heterocycles. The second-order valence-electron chi connectivity index (χ2n) is 0.976. The van der Waals surface area contributed by atoms with Gasteiger partial charge >= 0.3 is 5.97 Å². The highest BCUT2D eigenvalue weighted by Crippen LogP contribution is 1.71. The molecule has 0 aromatic carbocycles. The van der Waals surface area contributed by atoms with Crippen LogP contribution in [0.5, 0.6) is 0 Å². The molecule has 0 heterocycles. The standard InChI is InChI=1S/C5H5O2/c1-2-3-4-5(6)7/h4H2,1H3. The molecule has 0 atom stereocenters. The molecule has 0 aliphatic carbocycles. The van der Waals surface area contributed by atoms with Crippen LogP contribution in [0.2, 0.25) is 0 Å². The van der Waals surface area contributed by atoms with Gasteiger partial charge in [0.25, 0.3) is 0 Å². The van der Waals surface area contributed by atoms with E-state index in [4.69, 9.17) is 0 Å². The van der Waals surface area contributed by atoms with Crippen molar-refractivity contribution in [3.8, 4) is 11.8 Å². The summed E-state index contributed by atoms with van der Waals surface area (Å²) < 4.78 is 0. The first-order chi connectivity index (χ1) is 3.27. The Bertz CT molecular complexity index is 116. The van der Waals surface area contributed by atoms with Crippen LogP contribution in [0.4, 0.5) is 0 Å². The number of hydrogen-bond donors (Lipinski definition) is 0. The fourth-order valence-electron chi connectivity index (χ4n) is 0.161. The Balaban J connectivity index is 3.26. The first kappa shape index (κ1) is 6.03. The van der Waals surface area contributed by atoms with Gasteiger partial charge in [-0.15, -0.1) is 5.92 Å². The molecule has 0 saturated heterocycles. The van der Waals surface area contributed by atoms with Gasteiger partial charge in [0.1, 0.15) is 6.42 Å². The van der Waals surface area contributed by atoms with Gasteiger partial charge < -0.3 is 0 Å². The molecular weight excluding hydrogens is 92.1 g/mol. The van der Waals surface area contributed by atoms with E-state index in [9.17, 15) is 9.90 Å². The lowest BCUT2D eigenvalue weighted by Gasteiger charge is -1.68. The predicted molar refractivity (Wildman–Crippen MR) is 23.8 cm³/mol. The van der Waals surface area contributed by atoms with Crippen molar-refractivity contribution in [2.24, 2.45) is 0 Å². The van der Waals surface area contributed by atoms with Crippen LogP contribution < -0.4 is 0 Å². The molecule has 0 aromatic rings. The lowest BCUT2D eigenvalue weighted by molar-refractivity contribution is -0.141. The van der Waals surface area contributed by atoms with Crippen molar-refractivity contribution in [2.45, 2.75) is 13.3 Å². The van der Waals surface area contributed by atoms with Gasteiger partial charge in [0.2, 0.25) is 0 Å². The molecule has 0 spiro atoms. The average molecular weight is 97.1 g/mol. The van der Waals surface area contributed by atoms with Crippen molar-refractivity contribution in [1.29, 1.82) is 0 Å². The summed E-state index contributed by atoms with van der Waals surface area (Å²) in [7, 11) is 0. The van der Waals surface area contributed by atoms with Gasteiger partial charge in [0.05, 0.1) is 0 Å². The second-order valence-corrected chi connectivity index (χ2v) is 0.976. The third kappa shape index (κ3) is 5.03. The molecule has 0 amide bonds. The number of hydrogen-bond acceptors (Lipinski definition) is 1. The van der Waals surface area contributed by atoms with E-state index >= 15 is 0 Å². The van der Waals surface area contributed by atoms with Gasteiger partial charge in [-0.2, -0.15) is 0 Å². The van der Waals surface area contributed by atoms with Gasteiger partial charge in [-0.25, -0.2) is 9.90 Å². The van der Waals surface area contributed by atoms with Crippen molar-refractivity contribution in [2.75, 3.05) is 0 Å². The highest BCUT2D eigenvalue weighted by atomic mass is 16.4.